The second-order valence-corrected chi connectivity index (χ2v) is 8.14. The van der Waals surface area contributed by atoms with Crippen molar-refractivity contribution >= 4 is 34.8 Å². The molecule has 0 aliphatic rings. The molecule has 0 heterocycles. The van der Waals surface area contributed by atoms with E-state index in [4.69, 9.17) is 39.5 Å². The van der Waals surface area contributed by atoms with Gasteiger partial charge in [-0.3, -0.25) is 0 Å². The monoisotopic (exact) mass is 370 g/mol. The third-order valence-corrected chi connectivity index (χ3v) is 4.29. The molecule has 0 aliphatic carbocycles. The molecule has 1 atom stereocenters. The van der Waals surface area contributed by atoms with E-state index >= 15 is 0 Å². The van der Waals surface area contributed by atoms with Crippen molar-refractivity contribution in [2.24, 2.45) is 5.41 Å². The summed E-state index contributed by atoms with van der Waals surface area (Å²) in [6.07, 6.45) is 0.775. The van der Waals surface area contributed by atoms with Gasteiger partial charge >= 0.3 is 0 Å². The molecule has 1 nitrogen and oxygen atoms in total. The molecular weight excluding hydrogens is 351 g/mol. The summed E-state index contributed by atoms with van der Waals surface area (Å²) in [5.41, 5.74) is 2.17. The quantitative estimate of drug-likeness (QED) is 0.534. The molecule has 0 aromatic heterocycles. The van der Waals surface area contributed by atoms with Crippen molar-refractivity contribution in [2.45, 2.75) is 39.9 Å². The minimum absolute atomic E-state index is 0.0876. The summed E-state index contributed by atoms with van der Waals surface area (Å²) < 4.78 is 6.18. The molecule has 0 amide bonds. The highest BCUT2D eigenvalue weighted by atomic mass is 35.5. The zero-order valence-corrected chi connectivity index (χ0v) is 15.8. The zero-order chi connectivity index (χ0) is 17.0. The Labute approximate surface area is 153 Å². The first-order valence-corrected chi connectivity index (χ1v) is 8.69. The summed E-state index contributed by atoms with van der Waals surface area (Å²) >= 11 is 18.3. The highest BCUT2D eigenvalue weighted by molar-refractivity contribution is 6.35. The summed E-state index contributed by atoms with van der Waals surface area (Å²) in [5.74, 6) is 0. The number of halogens is 3. The molecule has 4 heteroatoms. The van der Waals surface area contributed by atoms with E-state index in [1.807, 2.05) is 36.4 Å². The first kappa shape index (κ1) is 18.6. The molecule has 0 saturated heterocycles. The van der Waals surface area contributed by atoms with Crippen LogP contribution in [-0.4, -0.2) is 0 Å². The van der Waals surface area contributed by atoms with Crippen LogP contribution in [-0.2, 0) is 11.3 Å². The molecule has 23 heavy (non-hydrogen) atoms. The average Bonchev–Trinajstić information content (AvgIpc) is 2.44. The van der Waals surface area contributed by atoms with E-state index < -0.39 is 0 Å². The van der Waals surface area contributed by atoms with Crippen molar-refractivity contribution in [1.29, 1.82) is 0 Å². The summed E-state index contributed by atoms with van der Waals surface area (Å²) in [7, 11) is 0. The maximum Gasteiger partial charge on any atom is 0.0848 e. The molecule has 0 spiro atoms. The predicted molar refractivity (Wildman–Crippen MR) is 99.5 cm³/mol. The zero-order valence-electron chi connectivity index (χ0n) is 13.6. The Kier molecular flexibility index (Phi) is 6.39. The second kappa shape index (κ2) is 7.90. The molecule has 2 rings (SSSR count). The molecule has 2 aromatic carbocycles. The lowest BCUT2D eigenvalue weighted by atomic mass is 9.86. The Bertz CT molecular complexity index is 645. The van der Waals surface area contributed by atoms with Gasteiger partial charge in [-0.2, -0.15) is 0 Å². The van der Waals surface area contributed by atoms with Gasteiger partial charge in [0.15, 0.2) is 0 Å². The van der Waals surface area contributed by atoms with E-state index in [9.17, 15) is 0 Å². The maximum absolute atomic E-state index is 6.37. The van der Waals surface area contributed by atoms with Crippen molar-refractivity contribution in [3.8, 4) is 0 Å². The van der Waals surface area contributed by atoms with Gasteiger partial charge < -0.3 is 4.74 Å². The van der Waals surface area contributed by atoms with Gasteiger partial charge in [0.1, 0.15) is 0 Å². The van der Waals surface area contributed by atoms with Crippen LogP contribution in [0.5, 0.6) is 0 Å². The molecule has 1 unspecified atom stereocenters. The van der Waals surface area contributed by atoms with Gasteiger partial charge in [0.25, 0.3) is 0 Å². The third kappa shape index (κ3) is 6.00. The molecule has 0 radical (unpaired) electrons. The van der Waals surface area contributed by atoms with Crippen molar-refractivity contribution in [2.75, 3.05) is 0 Å². The van der Waals surface area contributed by atoms with E-state index in [2.05, 4.69) is 20.8 Å². The lowest BCUT2D eigenvalue weighted by Crippen LogP contribution is -2.15. The fourth-order valence-corrected chi connectivity index (χ4v) is 3.01. The number of hydrogen-bond donors (Lipinski definition) is 0. The largest absolute Gasteiger partial charge is 0.369 e. The lowest BCUT2D eigenvalue weighted by Gasteiger charge is -2.27. The van der Waals surface area contributed by atoms with E-state index in [0.29, 0.717) is 16.7 Å². The highest BCUT2D eigenvalue weighted by Crippen LogP contribution is 2.37. The van der Waals surface area contributed by atoms with Gasteiger partial charge in [0, 0.05) is 15.1 Å². The third-order valence-electron chi connectivity index (χ3n) is 3.47. The highest BCUT2D eigenvalue weighted by Gasteiger charge is 2.23. The summed E-state index contributed by atoms with van der Waals surface area (Å²) in [6, 6.07) is 13.2. The lowest BCUT2D eigenvalue weighted by molar-refractivity contribution is 0.0130. The summed E-state index contributed by atoms with van der Waals surface area (Å²) in [4.78, 5) is 0. The number of hydrogen-bond acceptors (Lipinski definition) is 1. The van der Waals surface area contributed by atoms with Crippen molar-refractivity contribution < 1.29 is 4.74 Å². The van der Waals surface area contributed by atoms with Gasteiger partial charge in [-0.15, -0.1) is 0 Å². The summed E-state index contributed by atoms with van der Waals surface area (Å²) in [5, 5.41) is 1.99. The molecule has 0 bridgehead atoms. The van der Waals surface area contributed by atoms with Crippen LogP contribution < -0.4 is 0 Å². The van der Waals surface area contributed by atoms with Gasteiger partial charge in [-0.05, 0) is 47.2 Å². The Morgan fingerprint density at radius 2 is 1.52 bits per heavy atom. The van der Waals surface area contributed by atoms with Crippen molar-refractivity contribution in [3.05, 3.63) is 68.7 Å². The number of benzene rings is 2. The Hall–Kier alpha value is -0.730. The minimum atomic E-state index is -0.0876. The Morgan fingerprint density at radius 1 is 0.913 bits per heavy atom. The van der Waals surface area contributed by atoms with Crippen LogP contribution in [0.1, 0.15) is 44.4 Å². The van der Waals surface area contributed by atoms with Crippen molar-refractivity contribution in [3.63, 3.8) is 0 Å². The first-order chi connectivity index (χ1) is 10.7. The number of ether oxygens (including phenoxy) is 1. The van der Waals surface area contributed by atoms with E-state index in [1.54, 1.807) is 6.07 Å². The fourth-order valence-electron chi connectivity index (χ4n) is 2.35. The van der Waals surface area contributed by atoms with Gasteiger partial charge in [0.05, 0.1) is 12.7 Å². The van der Waals surface area contributed by atoms with E-state index in [-0.39, 0.29) is 11.5 Å². The molecule has 0 N–H and O–H groups in total. The average molecular weight is 372 g/mol. The maximum atomic E-state index is 6.37. The normalized spacial score (nSPS) is 13.1. The molecule has 2 aromatic rings. The van der Waals surface area contributed by atoms with E-state index in [0.717, 1.165) is 22.6 Å². The van der Waals surface area contributed by atoms with Crippen LogP contribution in [0.2, 0.25) is 15.1 Å². The smallest absolute Gasteiger partial charge is 0.0848 e. The van der Waals surface area contributed by atoms with Crippen LogP contribution in [0.4, 0.5) is 0 Å². The van der Waals surface area contributed by atoms with Crippen LogP contribution in [0.3, 0.4) is 0 Å². The fraction of sp³-hybridized carbons (Fsp3) is 0.368. The second-order valence-electron chi connectivity index (χ2n) is 6.86. The van der Waals surface area contributed by atoms with Crippen LogP contribution in [0, 0.1) is 5.41 Å². The topological polar surface area (TPSA) is 9.23 Å². The Morgan fingerprint density at radius 3 is 2.09 bits per heavy atom. The molecule has 0 aliphatic heterocycles. The molecular formula is C19H21Cl3O. The first-order valence-electron chi connectivity index (χ1n) is 7.55. The minimum Gasteiger partial charge on any atom is -0.369 e. The van der Waals surface area contributed by atoms with Crippen molar-refractivity contribution in [1.82, 2.24) is 0 Å². The van der Waals surface area contributed by atoms with Crippen LogP contribution in [0.15, 0.2) is 42.5 Å². The van der Waals surface area contributed by atoms with Crippen LogP contribution in [0.25, 0.3) is 0 Å². The molecule has 0 fully saturated rings. The van der Waals surface area contributed by atoms with Gasteiger partial charge in [-0.25, -0.2) is 0 Å². The summed E-state index contributed by atoms with van der Waals surface area (Å²) in [6.45, 7) is 7.08. The standard InChI is InChI=1S/C19H21Cl3O/c1-19(2,3)11-18(16-9-8-15(21)10-17(16)22)23-12-13-4-6-14(20)7-5-13/h4-10,18H,11-12H2,1-3H3. The van der Waals surface area contributed by atoms with Gasteiger partial charge in [0.2, 0.25) is 0 Å². The Balaban J connectivity index is 2.18. The van der Waals surface area contributed by atoms with Crippen LogP contribution >= 0.6 is 34.8 Å². The van der Waals surface area contributed by atoms with Gasteiger partial charge in [-0.1, -0.05) is 73.8 Å². The number of rotatable bonds is 5. The van der Waals surface area contributed by atoms with E-state index in [1.165, 1.54) is 0 Å². The predicted octanol–water partition coefficient (Wildman–Crippen LogP) is 7.34. The SMILES string of the molecule is CC(C)(C)CC(OCc1ccc(Cl)cc1)c1ccc(Cl)cc1Cl. The molecule has 124 valence electrons. The molecule has 0 saturated carbocycles.